The fraction of sp³-hybridized carbons (Fsp3) is 0.204. The molecule has 4 nitrogen and oxygen atoms in total. The van der Waals surface area contributed by atoms with E-state index in [0.717, 1.165) is 45.5 Å². The predicted octanol–water partition coefficient (Wildman–Crippen LogP) is 12.2. The molecule has 13 rings (SSSR count). The second-order valence-corrected chi connectivity index (χ2v) is 16.0. The summed E-state index contributed by atoms with van der Waals surface area (Å²) in [6, 6.07) is 50.1. The zero-order chi connectivity index (χ0) is 34.7. The van der Waals surface area contributed by atoms with Crippen LogP contribution in [0.1, 0.15) is 43.2 Å². The van der Waals surface area contributed by atoms with E-state index in [1.54, 1.807) is 0 Å². The smallest absolute Gasteiger partial charge is 0.164 e. The average Bonchev–Trinajstić information content (AvgIpc) is 3.73. The van der Waals surface area contributed by atoms with Crippen molar-refractivity contribution >= 4 is 21.9 Å². The monoisotopic (exact) mass is 683 g/mol. The van der Waals surface area contributed by atoms with Gasteiger partial charge in [0.2, 0.25) is 0 Å². The summed E-state index contributed by atoms with van der Waals surface area (Å²) in [4.78, 5) is 15.3. The van der Waals surface area contributed by atoms with E-state index in [0.29, 0.717) is 23.5 Å². The maximum absolute atomic E-state index is 6.36. The van der Waals surface area contributed by atoms with Crippen molar-refractivity contribution in [3.63, 3.8) is 0 Å². The second-order valence-electron chi connectivity index (χ2n) is 16.0. The number of nitrogens with zero attached hydrogens (tertiary/aromatic N) is 3. The number of para-hydroxylation sites is 1. The Labute approximate surface area is 308 Å². The number of aromatic nitrogens is 3. The van der Waals surface area contributed by atoms with E-state index in [4.69, 9.17) is 19.4 Å². The lowest BCUT2D eigenvalue weighted by Crippen LogP contribution is -2.55. The van der Waals surface area contributed by atoms with Crippen molar-refractivity contribution in [1.82, 2.24) is 15.0 Å². The standard InChI is InChI=1S/C49H37N3O/c1-3-9-31(10-4-1)46-50-47(32-11-5-2-6-12-32)52-48(51-46)35-17-19-39-38-18-15-33(34-16-20-41-40-13-7-8-14-44(40)53-45(41)28-34)26-42(38)49(43(39)27-35)36-22-29-21-30(24-36)25-37(49)23-29/h1-20,26-30,36-37H,21-25H2. The zero-order valence-corrected chi connectivity index (χ0v) is 29.4. The number of rotatable bonds is 4. The van der Waals surface area contributed by atoms with Gasteiger partial charge in [-0.3, -0.25) is 0 Å². The van der Waals surface area contributed by atoms with Gasteiger partial charge in [0.05, 0.1) is 0 Å². The largest absolute Gasteiger partial charge is 0.456 e. The molecule has 0 unspecified atom stereocenters. The van der Waals surface area contributed by atoms with E-state index >= 15 is 0 Å². The molecule has 0 radical (unpaired) electrons. The van der Waals surface area contributed by atoms with E-state index in [1.807, 2.05) is 42.5 Å². The maximum atomic E-state index is 6.36. The van der Waals surface area contributed by atoms with E-state index in [-0.39, 0.29) is 5.41 Å². The lowest BCUT2D eigenvalue weighted by atomic mass is 9.43. The Morgan fingerprint density at radius 2 is 0.906 bits per heavy atom. The topological polar surface area (TPSA) is 51.8 Å². The van der Waals surface area contributed by atoms with Gasteiger partial charge in [-0.25, -0.2) is 15.0 Å². The van der Waals surface area contributed by atoms with Crippen LogP contribution >= 0.6 is 0 Å². The summed E-state index contributed by atoms with van der Waals surface area (Å²) in [7, 11) is 0. The first-order valence-electron chi connectivity index (χ1n) is 19.3. The second kappa shape index (κ2) is 11.1. The van der Waals surface area contributed by atoms with Crippen molar-refractivity contribution in [3.05, 3.63) is 151 Å². The third-order valence-corrected chi connectivity index (χ3v) is 13.3. The van der Waals surface area contributed by atoms with Crippen LogP contribution < -0.4 is 0 Å². The molecule has 0 atom stereocenters. The van der Waals surface area contributed by atoms with Gasteiger partial charge < -0.3 is 4.42 Å². The minimum Gasteiger partial charge on any atom is -0.456 e. The molecule has 2 heterocycles. The van der Waals surface area contributed by atoms with Crippen LogP contribution in [0.15, 0.2) is 144 Å². The first-order valence-corrected chi connectivity index (χ1v) is 19.3. The number of benzene rings is 6. The molecule has 0 aliphatic heterocycles. The Balaban J connectivity index is 1.04. The van der Waals surface area contributed by atoms with Crippen LogP contribution in [0.3, 0.4) is 0 Å². The van der Waals surface area contributed by atoms with Crippen LogP contribution in [0.25, 0.3) is 78.4 Å². The molecule has 8 aromatic rings. The molecule has 0 amide bonds. The van der Waals surface area contributed by atoms with Gasteiger partial charge in [-0.05, 0) is 119 Å². The third kappa shape index (κ3) is 4.32. The minimum atomic E-state index is -0.00881. The van der Waals surface area contributed by atoms with E-state index in [9.17, 15) is 0 Å². The van der Waals surface area contributed by atoms with Gasteiger partial charge in [0.1, 0.15) is 11.2 Å². The van der Waals surface area contributed by atoms with Gasteiger partial charge in [-0.1, -0.05) is 109 Å². The molecule has 4 saturated carbocycles. The first kappa shape index (κ1) is 29.7. The van der Waals surface area contributed by atoms with Crippen LogP contribution in [-0.4, -0.2) is 15.0 Å². The Morgan fingerprint density at radius 1 is 0.415 bits per heavy atom. The highest BCUT2D eigenvalue weighted by atomic mass is 16.3. The molecule has 5 aliphatic rings. The Morgan fingerprint density at radius 3 is 1.55 bits per heavy atom. The van der Waals surface area contributed by atoms with Crippen LogP contribution in [0.4, 0.5) is 0 Å². The Hall–Kier alpha value is -5.87. The summed E-state index contributed by atoms with van der Waals surface area (Å²) in [6.45, 7) is 0. The highest BCUT2D eigenvalue weighted by Crippen LogP contribution is 2.69. The summed E-state index contributed by atoms with van der Waals surface area (Å²) in [5.74, 6) is 5.14. The molecule has 5 aliphatic carbocycles. The lowest BCUT2D eigenvalue weighted by Gasteiger charge is -2.61. The van der Waals surface area contributed by atoms with Gasteiger partial charge in [-0.15, -0.1) is 0 Å². The lowest BCUT2D eigenvalue weighted by molar-refractivity contribution is -0.0399. The van der Waals surface area contributed by atoms with Crippen LogP contribution in [0, 0.1) is 23.7 Å². The molecule has 4 heteroatoms. The quantitative estimate of drug-likeness (QED) is 0.185. The Bertz CT molecular complexity index is 2660. The van der Waals surface area contributed by atoms with Crippen LogP contribution in [0.5, 0.6) is 0 Å². The van der Waals surface area contributed by atoms with Gasteiger partial charge >= 0.3 is 0 Å². The Kier molecular flexibility index (Phi) is 6.20. The molecule has 4 fully saturated rings. The molecule has 1 spiro atoms. The maximum Gasteiger partial charge on any atom is 0.164 e. The SMILES string of the molecule is c1ccc(-c2nc(-c3ccccc3)nc(-c3ccc4c(c3)C3(c5cc(-c6ccc7c(c6)oc6ccccc67)ccc5-4)C4CC5CC(C4)CC3C5)n2)cc1. The number of hydrogen-bond donors (Lipinski definition) is 0. The molecular formula is C49H37N3O. The third-order valence-electron chi connectivity index (χ3n) is 13.3. The summed E-state index contributed by atoms with van der Waals surface area (Å²) >= 11 is 0. The van der Waals surface area contributed by atoms with Gasteiger partial charge in [0.25, 0.3) is 0 Å². The summed E-state index contributed by atoms with van der Waals surface area (Å²) < 4.78 is 6.36. The molecule has 53 heavy (non-hydrogen) atoms. The van der Waals surface area contributed by atoms with Gasteiger partial charge in [0.15, 0.2) is 17.5 Å². The van der Waals surface area contributed by atoms with Crippen molar-refractivity contribution in [2.75, 3.05) is 0 Å². The van der Waals surface area contributed by atoms with Crippen LogP contribution in [0.2, 0.25) is 0 Å². The number of furan rings is 1. The zero-order valence-electron chi connectivity index (χ0n) is 29.4. The molecular weight excluding hydrogens is 647 g/mol. The van der Waals surface area contributed by atoms with Crippen molar-refractivity contribution in [2.24, 2.45) is 23.7 Å². The fourth-order valence-electron chi connectivity index (χ4n) is 11.4. The number of fused-ring (bicyclic) bond motifs is 6. The van der Waals surface area contributed by atoms with E-state index in [1.165, 1.54) is 76.3 Å². The molecule has 0 N–H and O–H groups in total. The van der Waals surface area contributed by atoms with Crippen molar-refractivity contribution in [2.45, 2.75) is 37.5 Å². The highest BCUT2D eigenvalue weighted by molar-refractivity contribution is 6.06. The van der Waals surface area contributed by atoms with Crippen molar-refractivity contribution in [3.8, 4) is 56.4 Å². The molecule has 254 valence electrons. The average molecular weight is 684 g/mol. The summed E-state index contributed by atoms with van der Waals surface area (Å²) in [5, 5.41) is 2.35. The minimum absolute atomic E-state index is 0.00881. The van der Waals surface area contributed by atoms with E-state index < -0.39 is 0 Å². The van der Waals surface area contributed by atoms with E-state index in [2.05, 4.69) is 97.1 Å². The van der Waals surface area contributed by atoms with Gasteiger partial charge in [0, 0.05) is 32.9 Å². The van der Waals surface area contributed by atoms with Gasteiger partial charge in [-0.2, -0.15) is 0 Å². The molecule has 6 aromatic carbocycles. The van der Waals surface area contributed by atoms with Crippen molar-refractivity contribution in [1.29, 1.82) is 0 Å². The normalized spacial score (nSPS) is 23.5. The summed E-state index contributed by atoms with van der Waals surface area (Å²) in [5.41, 5.74) is 13.2. The van der Waals surface area contributed by atoms with Crippen molar-refractivity contribution < 1.29 is 4.42 Å². The highest BCUT2D eigenvalue weighted by Gasteiger charge is 2.61. The summed E-state index contributed by atoms with van der Waals surface area (Å²) in [6.07, 6.45) is 6.73. The fourth-order valence-corrected chi connectivity index (χ4v) is 11.4. The number of hydrogen-bond acceptors (Lipinski definition) is 4. The molecule has 4 bridgehead atoms. The molecule has 2 aromatic heterocycles. The van der Waals surface area contributed by atoms with Crippen LogP contribution in [-0.2, 0) is 5.41 Å². The first-order chi connectivity index (χ1) is 26.2. The predicted molar refractivity (Wildman–Crippen MR) is 212 cm³/mol. The molecule has 0 saturated heterocycles.